The lowest BCUT2D eigenvalue weighted by atomic mass is 9.84. The molecule has 0 spiro atoms. The molecule has 0 aliphatic heterocycles. The number of aliphatic imine (C=N–C) groups is 1. The van der Waals surface area contributed by atoms with Gasteiger partial charge in [0.15, 0.2) is 17.5 Å². The number of amides is 2. The molecule has 0 bridgehead atoms. The molecule has 0 heterocycles. The number of sulfonamides is 1. The molecule has 3 rings (SSSR count). The maximum absolute atomic E-state index is 13.5. The van der Waals surface area contributed by atoms with E-state index in [1.807, 2.05) is 0 Å². The van der Waals surface area contributed by atoms with Crippen LogP contribution in [-0.4, -0.2) is 64.9 Å². The van der Waals surface area contributed by atoms with Crippen LogP contribution in [0.1, 0.15) is 49.7 Å². The van der Waals surface area contributed by atoms with Crippen LogP contribution in [0.5, 0.6) is 11.5 Å². The Morgan fingerprint density at radius 2 is 1.73 bits per heavy atom. The third kappa shape index (κ3) is 8.67. The minimum atomic E-state index is -3.69. The van der Waals surface area contributed by atoms with Gasteiger partial charge in [-0.3, -0.25) is 14.9 Å². The Labute approximate surface area is 242 Å². The van der Waals surface area contributed by atoms with Crippen LogP contribution < -0.4 is 25.8 Å². The number of carbonyl (C=O) groups is 2. The van der Waals surface area contributed by atoms with Crippen LogP contribution in [0.25, 0.3) is 0 Å². The predicted octanol–water partition coefficient (Wildman–Crippen LogP) is 3.21. The number of ether oxygens (including phenoxy) is 2. The lowest BCUT2D eigenvalue weighted by molar-refractivity contribution is -0.119. The zero-order valence-electron chi connectivity index (χ0n) is 24.4. The number of rotatable bonds is 11. The maximum Gasteiger partial charge on any atom is 0.249 e. The lowest BCUT2D eigenvalue weighted by Crippen LogP contribution is -2.40. The van der Waals surface area contributed by atoms with Gasteiger partial charge in [-0.25, -0.2) is 17.7 Å². The molecule has 12 heteroatoms. The first kappa shape index (κ1) is 31.9. The first-order chi connectivity index (χ1) is 19.4. The number of hydrogen-bond acceptors (Lipinski definition) is 7. The number of guanidine groups is 1. The fourth-order valence-electron chi connectivity index (χ4n) is 4.84. The number of nitrogens with zero attached hydrogens (tertiary/aromatic N) is 2. The molecule has 0 aromatic heterocycles. The molecule has 2 amide bonds. The fraction of sp³-hybridized carbons (Fsp3) is 0.483. The van der Waals surface area contributed by atoms with E-state index in [0.717, 1.165) is 36.4 Å². The summed E-state index contributed by atoms with van der Waals surface area (Å²) in [5.74, 6) is 0.367. The number of nitrogens with two attached hydrogens (primary N) is 1. The highest BCUT2D eigenvalue weighted by atomic mass is 32.2. The molecule has 1 saturated carbocycles. The smallest absolute Gasteiger partial charge is 0.249 e. The summed E-state index contributed by atoms with van der Waals surface area (Å²) in [5.41, 5.74) is 7.88. The molecular weight excluding hydrogens is 546 g/mol. The summed E-state index contributed by atoms with van der Waals surface area (Å²) in [4.78, 5) is 30.7. The van der Waals surface area contributed by atoms with Crippen molar-refractivity contribution in [3.63, 3.8) is 0 Å². The SMILES string of the molecule is COc1ccc(CC(=O)NC(N)=N[C@H](CC2CCCCC2)C(=O)Nc2cc(S(=O)(=O)N(C)C)ccc2C)cc1OC. The van der Waals surface area contributed by atoms with Gasteiger partial charge >= 0.3 is 0 Å². The van der Waals surface area contributed by atoms with Crippen molar-refractivity contribution < 1.29 is 27.5 Å². The molecule has 0 unspecified atom stereocenters. The van der Waals surface area contributed by atoms with Gasteiger partial charge in [0.25, 0.3) is 0 Å². The van der Waals surface area contributed by atoms with Crippen LogP contribution >= 0.6 is 0 Å². The molecular formula is C29H41N5O6S. The molecule has 2 aromatic carbocycles. The quantitative estimate of drug-likeness (QED) is 0.270. The second kappa shape index (κ2) is 14.3. The van der Waals surface area contributed by atoms with Crippen molar-refractivity contribution in [1.29, 1.82) is 0 Å². The second-order valence-corrected chi connectivity index (χ2v) is 12.6. The standard InChI is InChI=1S/C29H41N5O6S/c1-19-11-13-22(41(37,38)34(2)3)18-23(19)31-28(36)24(15-20-9-7-6-8-10-20)32-29(30)33-27(35)17-21-12-14-25(39-4)26(16-21)40-5/h11-14,16,18,20,24H,6-10,15,17H2,1-5H3,(H,31,36)(H3,30,32,33,35)/t24-/m1/s1. The van der Waals surface area contributed by atoms with Crippen LogP contribution in [0, 0.1) is 12.8 Å². The van der Waals surface area contributed by atoms with Gasteiger partial charge in [0.1, 0.15) is 6.04 Å². The molecule has 1 aliphatic rings. The highest BCUT2D eigenvalue weighted by Crippen LogP contribution is 2.30. The van der Waals surface area contributed by atoms with E-state index in [1.54, 1.807) is 31.2 Å². The van der Waals surface area contributed by atoms with Crippen LogP contribution in [0.2, 0.25) is 0 Å². The van der Waals surface area contributed by atoms with Crippen molar-refractivity contribution in [2.45, 2.75) is 62.8 Å². The number of benzene rings is 2. The predicted molar refractivity (Wildman–Crippen MR) is 159 cm³/mol. The number of carbonyl (C=O) groups excluding carboxylic acids is 2. The minimum Gasteiger partial charge on any atom is -0.493 e. The third-order valence-corrected chi connectivity index (χ3v) is 9.02. The van der Waals surface area contributed by atoms with Crippen molar-refractivity contribution in [3.8, 4) is 11.5 Å². The van der Waals surface area contributed by atoms with E-state index in [2.05, 4.69) is 15.6 Å². The summed E-state index contributed by atoms with van der Waals surface area (Å²) in [6.07, 6.45) is 5.79. The largest absolute Gasteiger partial charge is 0.493 e. The Balaban J connectivity index is 1.79. The Hall–Kier alpha value is -3.64. The molecule has 224 valence electrons. The van der Waals surface area contributed by atoms with Gasteiger partial charge < -0.3 is 20.5 Å². The van der Waals surface area contributed by atoms with Crippen molar-refractivity contribution in [3.05, 3.63) is 47.5 Å². The molecule has 2 aromatic rings. The van der Waals surface area contributed by atoms with Crippen molar-refractivity contribution in [1.82, 2.24) is 9.62 Å². The van der Waals surface area contributed by atoms with Crippen LogP contribution in [0.15, 0.2) is 46.3 Å². The van der Waals surface area contributed by atoms with E-state index in [1.165, 1.54) is 40.4 Å². The minimum absolute atomic E-state index is 0.0163. The topological polar surface area (TPSA) is 152 Å². The number of methoxy groups -OCH3 is 2. The fourth-order valence-corrected chi connectivity index (χ4v) is 5.77. The van der Waals surface area contributed by atoms with E-state index in [9.17, 15) is 18.0 Å². The molecule has 1 fully saturated rings. The van der Waals surface area contributed by atoms with Gasteiger partial charge in [-0.1, -0.05) is 44.2 Å². The lowest BCUT2D eigenvalue weighted by Gasteiger charge is -2.25. The van der Waals surface area contributed by atoms with E-state index in [4.69, 9.17) is 15.2 Å². The van der Waals surface area contributed by atoms with Gasteiger partial charge in [-0.15, -0.1) is 0 Å². The van der Waals surface area contributed by atoms with E-state index in [-0.39, 0.29) is 17.3 Å². The number of hydrogen-bond donors (Lipinski definition) is 3. The molecule has 0 radical (unpaired) electrons. The monoisotopic (exact) mass is 587 g/mol. The Morgan fingerprint density at radius 3 is 2.37 bits per heavy atom. The van der Waals surface area contributed by atoms with Crippen molar-refractivity contribution >= 4 is 33.5 Å². The number of nitrogens with one attached hydrogen (secondary N) is 2. The van der Waals surface area contributed by atoms with Crippen LogP contribution in [0.3, 0.4) is 0 Å². The first-order valence-electron chi connectivity index (χ1n) is 13.6. The molecule has 4 N–H and O–H groups in total. The van der Waals surface area contributed by atoms with Gasteiger partial charge in [0.2, 0.25) is 21.8 Å². The average molecular weight is 588 g/mol. The van der Waals surface area contributed by atoms with Crippen molar-refractivity contribution in [2.75, 3.05) is 33.6 Å². The van der Waals surface area contributed by atoms with E-state index in [0.29, 0.717) is 40.7 Å². The summed E-state index contributed by atoms with van der Waals surface area (Å²) >= 11 is 0. The van der Waals surface area contributed by atoms with Gasteiger partial charge in [-0.2, -0.15) is 0 Å². The molecule has 1 aliphatic carbocycles. The Kier molecular flexibility index (Phi) is 11.1. The highest BCUT2D eigenvalue weighted by molar-refractivity contribution is 7.89. The second-order valence-electron chi connectivity index (χ2n) is 10.4. The van der Waals surface area contributed by atoms with Crippen LogP contribution in [0.4, 0.5) is 5.69 Å². The third-order valence-electron chi connectivity index (χ3n) is 7.20. The number of aryl methyl sites for hydroxylation is 1. The Morgan fingerprint density at radius 1 is 1.05 bits per heavy atom. The molecule has 1 atom stereocenters. The zero-order valence-corrected chi connectivity index (χ0v) is 25.2. The zero-order chi connectivity index (χ0) is 30.2. The molecule has 0 saturated heterocycles. The van der Waals surface area contributed by atoms with Gasteiger partial charge in [-0.05, 0) is 54.7 Å². The van der Waals surface area contributed by atoms with Crippen LogP contribution in [-0.2, 0) is 26.0 Å². The van der Waals surface area contributed by atoms with Gasteiger partial charge in [0.05, 0.1) is 25.5 Å². The summed E-state index contributed by atoms with van der Waals surface area (Å²) in [7, 11) is 2.26. The molecule has 41 heavy (non-hydrogen) atoms. The van der Waals surface area contributed by atoms with Crippen molar-refractivity contribution in [2.24, 2.45) is 16.6 Å². The summed E-state index contributed by atoms with van der Waals surface area (Å²) in [6.45, 7) is 1.78. The first-order valence-corrected chi connectivity index (χ1v) is 15.1. The normalized spacial score (nSPS) is 15.3. The summed E-state index contributed by atoms with van der Waals surface area (Å²) in [5, 5.41) is 5.44. The maximum atomic E-state index is 13.5. The Bertz CT molecular complexity index is 1370. The molecule has 11 nitrogen and oxygen atoms in total. The van der Waals surface area contributed by atoms with E-state index < -0.39 is 27.9 Å². The average Bonchev–Trinajstić information content (AvgIpc) is 2.93. The van der Waals surface area contributed by atoms with E-state index >= 15 is 0 Å². The summed E-state index contributed by atoms with van der Waals surface area (Å²) in [6, 6.07) is 8.90. The van der Waals surface area contributed by atoms with Gasteiger partial charge in [0, 0.05) is 19.8 Å². The number of anilines is 1. The highest BCUT2D eigenvalue weighted by Gasteiger charge is 2.26. The summed E-state index contributed by atoms with van der Waals surface area (Å²) < 4.78 is 36.9.